The molecule has 0 fully saturated rings. The molecule has 0 radical (unpaired) electrons. The number of anilines is 1. The predicted octanol–water partition coefficient (Wildman–Crippen LogP) is 3.27. The van der Waals surface area contributed by atoms with Crippen molar-refractivity contribution >= 4 is 27.5 Å². The number of hydrogen-bond donors (Lipinski definition) is 1. The molecule has 5 heteroatoms. The lowest BCUT2D eigenvalue weighted by Gasteiger charge is -2.11. The van der Waals surface area contributed by atoms with E-state index in [1.165, 1.54) is 0 Å². The summed E-state index contributed by atoms with van der Waals surface area (Å²) in [6, 6.07) is 3.57. The first-order valence-electron chi connectivity index (χ1n) is 4.27. The molecule has 0 heterocycles. The van der Waals surface area contributed by atoms with Crippen LogP contribution >= 0.6 is 15.9 Å². The Morgan fingerprint density at radius 3 is 2.47 bits per heavy atom. The molecule has 1 aromatic carbocycles. The van der Waals surface area contributed by atoms with E-state index in [1.807, 2.05) is 13.0 Å². The van der Waals surface area contributed by atoms with Gasteiger partial charge >= 0.3 is 6.43 Å². The average molecular weight is 278 g/mol. The van der Waals surface area contributed by atoms with Crippen LogP contribution in [-0.4, -0.2) is 12.3 Å². The maximum absolute atomic E-state index is 12.0. The molecule has 0 aromatic heterocycles. The van der Waals surface area contributed by atoms with Gasteiger partial charge in [-0.05, 0) is 47.0 Å². The van der Waals surface area contributed by atoms with E-state index < -0.39 is 12.3 Å². The fraction of sp³-hybridized carbons (Fsp3) is 0.300. The summed E-state index contributed by atoms with van der Waals surface area (Å²) >= 11 is 3.22. The largest absolute Gasteiger partial charge is 0.320 e. The average Bonchev–Trinajstić information content (AvgIpc) is 2.10. The van der Waals surface area contributed by atoms with Crippen molar-refractivity contribution in [2.75, 3.05) is 5.32 Å². The van der Waals surface area contributed by atoms with Gasteiger partial charge in [-0.3, -0.25) is 4.79 Å². The van der Waals surface area contributed by atoms with E-state index in [9.17, 15) is 13.6 Å². The zero-order valence-electron chi connectivity index (χ0n) is 8.27. The van der Waals surface area contributed by atoms with Crippen LogP contribution < -0.4 is 5.32 Å². The smallest absolute Gasteiger partial charge is 0.315 e. The third-order valence-electron chi connectivity index (χ3n) is 1.88. The van der Waals surface area contributed by atoms with Crippen LogP contribution in [0.4, 0.5) is 14.5 Å². The molecule has 1 rings (SSSR count). The van der Waals surface area contributed by atoms with Crippen molar-refractivity contribution in [1.82, 2.24) is 0 Å². The maximum Gasteiger partial charge on any atom is 0.315 e. The molecule has 0 aliphatic heterocycles. The highest BCUT2D eigenvalue weighted by Gasteiger charge is 2.17. The Morgan fingerprint density at radius 1 is 1.40 bits per heavy atom. The lowest BCUT2D eigenvalue weighted by atomic mass is 10.1. The van der Waals surface area contributed by atoms with Gasteiger partial charge < -0.3 is 5.32 Å². The van der Waals surface area contributed by atoms with E-state index in [2.05, 4.69) is 21.2 Å². The lowest BCUT2D eigenvalue weighted by molar-refractivity contribution is -0.126. The number of alkyl halides is 2. The maximum atomic E-state index is 12.0. The van der Waals surface area contributed by atoms with Crippen LogP contribution in [0.1, 0.15) is 11.1 Å². The molecule has 0 spiro atoms. The Hall–Kier alpha value is -0.970. The van der Waals surface area contributed by atoms with Gasteiger partial charge in [0.25, 0.3) is 5.91 Å². The van der Waals surface area contributed by atoms with E-state index in [0.717, 1.165) is 11.1 Å². The molecular formula is C10H10BrF2NO. The first-order chi connectivity index (χ1) is 6.91. The number of halogens is 3. The first-order valence-corrected chi connectivity index (χ1v) is 5.07. The molecule has 1 aromatic rings. The summed E-state index contributed by atoms with van der Waals surface area (Å²) in [6.45, 7) is 3.63. The fourth-order valence-electron chi connectivity index (χ4n) is 1.25. The van der Waals surface area contributed by atoms with Crippen LogP contribution in [0.15, 0.2) is 16.6 Å². The summed E-state index contributed by atoms with van der Waals surface area (Å²) in [5, 5.41) is 2.17. The molecule has 15 heavy (non-hydrogen) atoms. The number of benzene rings is 1. The van der Waals surface area contributed by atoms with Gasteiger partial charge in [0.05, 0.1) is 5.69 Å². The van der Waals surface area contributed by atoms with E-state index in [1.54, 1.807) is 13.0 Å². The minimum Gasteiger partial charge on any atom is -0.320 e. The van der Waals surface area contributed by atoms with Gasteiger partial charge in [-0.2, -0.15) is 8.78 Å². The van der Waals surface area contributed by atoms with Crippen LogP contribution in [0.5, 0.6) is 0 Å². The number of nitrogens with one attached hydrogen (secondary N) is 1. The highest BCUT2D eigenvalue weighted by molar-refractivity contribution is 9.10. The monoisotopic (exact) mass is 277 g/mol. The molecule has 0 saturated carbocycles. The van der Waals surface area contributed by atoms with Crippen molar-refractivity contribution in [3.05, 3.63) is 27.7 Å². The van der Waals surface area contributed by atoms with Crippen molar-refractivity contribution in [1.29, 1.82) is 0 Å². The third-order valence-corrected chi connectivity index (χ3v) is 2.50. The first kappa shape index (κ1) is 12.1. The number of aryl methyl sites for hydroxylation is 2. The number of hydrogen-bond acceptors (Lipinski definition) is 1. The van der Waals surface area contributed by atoms with Crippen molar-refractivity contribution in [3.8, 4) is 0 Å². The Morgan fingerprint density at radius 2 is 2.00 bits per heavy atom. The zero-order valence-corrected chi connectivity index (χ0v) is 9.86. The van der Waals surface area contributed by atoms with Gasteiger partial charge in [-0.15, -0.1) is 0 Å². The van der Waals surface area contributed by atoms with E-state index in [4.69, 9.17) is 0 Å². The summed E-state index contributed by atoms with van der Waals surface area (Å²) in [6.07, 6.45) is -3.00. The Balaban J connectivity index is 3.00. The Kier molecular flexibility index (Phi) is 3.79. The van der Waals surface area contributed by atoms with Crippen molar-refractivity contribution < 1.29 is 13.6 Å². The Bertz CT molecular complexity index is 370. The summed E-state index contributed by atoms with van der Waals surface area (Å²) in [5.41, 5.74) is 2.14. The van der Waals surface area contributed by atoms with Gasteiger partial charge in [-0.25, -0.2) is 0 Å². The molecule has 0 unspecified atom stereocenters. The van der Waals surface area contributed by atoms with E-state index >= 15 is 0 Å². The number of rotatable bonds is 2. The van der Waals surface area contributed by atoms with Crippen LogP contribution in [0.25, 0.3) is 0 Å². The lowest BCUT2D eigenvalue weighted by Crippen LogP contribution is -2.20. The van der Waals surface area contributed by atoms with Crippen molar-refractivity contribution in [2.45, 2.75) is 20.3 Å². The molecule has 0 aliphatic rings. The standard InChI is InChI=1S/C10H10BrF2NO/c1-5-3-6(2)8(7(11)4-5)14-10(15)9(12)13/h3-4,9H,1-2H3,(H,14,15). The SMILES string of the molecule is Cc1cc(C)c(NC(=O)C(F)F)c(Br)c1. The van der Waals surface area contributed by atoms with Crippen LogP contribution in [0, 0.1) is 13.8 Å². The second-order valence-electron chi connectivity index (χ2n) is 3.23. The normalized spacial score (nSPS) is 10.5. The van der Waals surface area contributed by atoms with E-state index in [-0.39, 0.29) is 0 Å². The predicted molar refractivity (Wildman–Crippen MR) is 58.2 cm³/mol. The minimum absolute atomic E-state index is 0.394. The number of carbonyl (C=O) groups is 1. The second-order valence-corrected chi connectivity index (χ2v) is 4.08. The molecule has 0 atom stereocenters. The highest BCUT2D eigenvalue weighted by Crippen LogP contribution is 2.27. The molecule has 0 bridgehead atoms. The van der Waals surface area contributed by atoms with Gasteiger partial charge in [0.15, 0.2) is 0 Å². The van der Waals surface area contributed by atoms with Crippen LogP contribution in [0.2, 0.25) is 0 Å². The number of amides is 1. The van der Waals surface area contributed by atoms with Crippen molar-refractivity contribution in [2.24, 2.45) is 0 Å². The summed E-state index contributed by atoms with van der Waals surface area (Å²) in [7, 11) is 0. The quantitative estimate of drug-likeness (QED) is 0.883. The third kappa shape index (κ3) is 2.99. The highest BCUT2D eigenvalue weighted by atomic mass is 79.9. The van der Waals surface area contributed by atoms with E-state index in [0.29, 0.717) is 10.2 Å². The summed E-state index contributed by atoms with van der Waals surface area (Å²) < 4.78 is 24.7. The molecular weight excluding hydrogens is 268 g/mol. The van der Waals surface area contributed by atoms with Gasteiger partial charge in [-0.1, -0.05) is 6.07 Å². The molecule has 1 N–H and O–H groups in total. The minimum atomic E-state index is -3.00. The summed E-state index contributed by atoms with van der Waals surface area (Å²) in [4.78, 5) is 10.8. The molecule has 0 saturated heterocycles. The van der Waals surface area contributed by atoms with Crippen LogP contribution in [-0.2, 0) is 4.79 Å². The Labute approximate surface area is 94.8 Å². The van der Waals surface area contributed by atoms with Crippen molar-refractivity contribution in [3.63, 3.8) is 0 Å². The summed E-state index contributed by atoms with van der Waals surface area (Å²) in [5.74, 6) is -1.29. The van der Waals surface area contributed by atoms with Gasteiger partial charge in [0.2, 0.25) is 0 Å². The zero-order chi connectivity index (χ0) is 11.6. The van der Waals surface area contributed by atoms with Crippen LogP contribution in [0.3, 0.4) is 0 Å². The van der Waals surface area contributed by atoms with Gasteiger partial charge in [0.1, 0.15) is 0 Å². The number of carbonyl (C=O) groups excluding carboxylic acids is 1. The topological polar surface area (TPSA) is 29.1 Å². The molecule has 2 nitrogen and oxygen atoms in total. The molecule has 82 valence electrons. The second kappa shape index (κ2) is 4.70. The van der Waals surface area contributed by atoms with Gasteiger partial charge in [0, 0.05) is 4.47 Å². The molecule has 0 aliphatic carbocycles. The molecule has 1 amide bonds. The fourth-order valence-corrected chi connectivity index (χ4v) is 2.02.